The van der Waals surface area contributed by atoms with Crippen LogP contribution in [0.2, 0.25) is 0 Å². The third-order valence-corrected chi connectivity index (χ3v) is 8.01. The first kappa shape index (κ1) is 23.6. The molecule has 0 aromatic heterocycles. The lowest BCUT2D eigenvalue weighted by molar-refractivity contribution is 0.0396. The molecule has 2 N–H and O–H groups in total. The van der Waals surface area contributed by atoms with Gasteiger partial charge >= 0.3 is 0 Å². The van der Waals surface area contributed by atoms with Gasteiger partial charge in [-0.1, -0.05) is 18.2 Å². The summed E-state index contributed by atoms with van der Waals surface area (Å²) >= 11 is 0. The SMILES string of the molecule is CN=C(NCCN1CCS(=O)(=O)CC1)NC1CC2(CCCC2)Oc2ccccc21.I. The summed E-state index contributed by atoms with van der Waals surface area (Å²) in [6.07, 6.45) is 5.64. The van der Waals surface area contributed by atoms with Crippen molar-refractivity contribution in [2.24, 2.45) is 4.99 Å². The van der Waals surface area contributed by atoms with Gasteiger partial charge in [0.2, 0.25) is 0 Å². The molecule has 1 aromatic carbocycles. The van der Waals surface area contributed by atoms with Gasteiger partial charge < -0.3 is 15.4 Å². The smallest absolute Gasteiger partial charge is 0.191 e. The van der Waals surface area contributed by atoms with Gasteiger partial charge in [0.1, 0.15) is 11.4 Å². The number of nitrogens with zero attached hydrogens (tertiary/aromatic N) is 2. The van der Waals surface area contributed by atoms with Crippen LogP contribution in [0.25, 0.3) is 0 Å². The summed E-state index contributed by atoms with van der Waals surface area (Å²) in [4.78, 5) is 6.61. The highest BCUT2D eigenvalue weighted by Gasteiger charge is 2.43. The fourth-order valence-electron chi connectivity index (χ4n) is 4.74. The average molecular weight is 548 g/mol. The van der Waals surface area contributed by atoms with Gasteiger partial charge in [-0.3, -0.25) is 9.89 Å². The van der Waals surface area contributed by atoms with Gasteiger partial charge in [-0.15, -0.1) is 24.0 Å². The number of halogens is 1. The maximum Gasteiger partial charge on any atom is 0.191 e. The molecule has 0 amide bonds. The molecule has 30 heavy (non-hydrogen) atoms. The maximum atomic E-state index is 11.6. The Labute approximate surface area is 197 Å². The molecule has 1 atom stereocenters. The maximum absolute atomic E-state index is 11.6. The fourth-order valence-corrected chi connectivity index (χ4v) is 6.02. The second kappa shape index (κ2) is 10.0. The van der Waals surface area contributed by atoms with Crippen molar-refractivity contribution in [3.8, 4) is 5.75 Å². The molecule has 1 aromatic rings. The Bertz CT molecular complexity index is 842. The Kier molecular flexibility index (Phi) is 7.89. The summed E-state index contributed by atoms with van der Waals surface area (Å²) in [6, 6.07) is 8.48. The molecule has 9 heteroatoms. The molecule has 1 saturated carbocycles. The third kappa shape index (κ3) is 5.59. The lowest BCUT2D eigenvalue weighted by Gasteiger charge is -2.40. The lowest BCUT2D eigenvalue weighted by atomic mass is 9.86. The lowest BCUT2D eigenvalue weighted by Crippen LogP contribution is -2.48. The molecule has 2 aliphatic heterocycles. The van der Waals surface area contributed by atoms with Gasteiger partial charge in [-0.2, -0.15) is 0 Å². The first-order valence-corrected chi connectivity index (χ1v) is 12.5. The van der Waals surface area contributed by atoms with Crippen LogP contribution in [-0.4, -0.2) is 69.6 Å². The molecule has 1 unspecified atom stereocenters. The van der Waals surface area contributed by atoms with E-state index < -0.39 is 9.84 Å². The molecule has 2 heterocycles. The van der Waals surface area contributed by atoms with E-state index in [1.54, 1.807) is 7.05 Å². The van der Waals surface area contributed by atoms with Crippen LogP contribution in [0.4, 0.5) is 0 Å². The molecule has 3 aliphatic rings. The zero-order chi connectivity index (χ0) is 20.3. The van der Waals surface area contributed by atoms with Gasteiger partial charge in [0.15, 0.2) is 15.8 Å². The van der Waals surface area contributed by atoms with Crippen molar-refractivity contribution >= 4 is 39.8 Å². The van der Waals surface area contributed by atoms with Crippen molar-refractivity contribution in [2.45, 2.75) is 43.7 Å². The number of benzene rings is 1. The standard InChI is InChI=1S/C21H32N4O3S.HI/c1-22-20(23-10-11-25-12-14-29(26,27)15-13-25)24-18-16-21(8-4-5-9-21)28-19-7-3-2-6-17(18)19;/h2-3,6-7,18H,4-5,8-16H2,1H3,(H2,22,23,24);1H. The number of sulfone groups is 1. The van der Waals surface area contributed by atoms with E-state index in [1.165, 1.54) is 18.4 Å². The van der Waals surface area contributed by atoms with Crippen molar-refractivity contribution in [1.82, 2.24) is 15.5 Å². The third-order valence-electron chi connectivity index (χ3n) is 6.40. The molecule has 168 valence electrons. The molecule has 1 saturated heterocycles. The van der Waals surface area contributed by atoms with Crippen molar-refractivity contribution in [3.05, 3.63) is 29.8 Å². The minimum atomic E-state index is -2.83. The second-order valence-electron chi connectivity index (χ2n) is 8.42. The average Bonchev–Trinajstić information content (AvgIpc) is 3.15. The van der Waals surface area contributed by atoms with Gasteiger partial charge in [0, 0.05) is 45.2 Å². The highest BCUT2D eigenvalue weighted by molar-refractivity contribution is 14.0. The predicted molar refractivity (Wildman–Crippen MR) is 131 cm³/mol. The van der Waals surface area contributed by atoms with Crippen molar-refractivity contribution in [1.29, 1.82) is 0 Å². The normalized spacial score (nSPS) is 25.1. The number of guanidine groups is 1. The first-order chi connectivity index (χ1) is 14.0. The van der Waals surface area contributed by atoms with E-state index in [9.17, 15) is 8.42 Å². The number of hydrogen-bond acceptors (Lipinski definition) is 5. The van der Waals surface area contributed by atoms with Gasteiger partial charge in [-0.05, 0) is 31.7 Å². The van der Waals surface area contributed by atoms with E-state index in [1.807, 2.05) is 6.07 Å². The first-order valence-electron chi connectivity index (χ1n) is 10.7. The summed E-state index contributed by atoms with van der Waals surface area (Å²) in [5, 5.41) is 7.01. The van der Waals surface area contributed by atoms with Gasteiger partial charge in [-0.25, -0.2) is 8.42 Å². The number of hydrogen-bond donors (Lipinski definition) is 2. The highest BCUT2D eigenvalue weighted by atomic mass is 127. The number of nitrogens with one attached hydrogen (secondary N) is 2. The molecule has 7 nitrogen and oxygen atoms in total. The summed E-state index contributed by atoms with van der Waals surface area (Å²) in [6.45, 7) is 2.78. The van der Waals surface area contributed by atoms with E-state index >= 15 is 0 Å². The van der Waals surface area contributed by atoms with Crippen molar-refractivity contribution < 1.29 is 13.2 Å². The largest absolute Gasteiger partial charge is 0.487 e. The van der Waals surface area contributed by atoms with Crippen molar-refractivity contribution in [3.63, 3.8) is 0 Å². The molecule has 0 radical (unpaired) electrons. The number of rotatable bonds is 4. The quantitative estimate of drug-likeness (QED) is 0.342. The van der Waals surface area contributed by atoms with Gasteiger partial charge in [0.05, 0.1) is 17.5 Å². The summed E-state index contributed by atoms with van der Waals surface area (Å²) < 4.78 is 29.6. The van der Waals surface area contributed by atoms with Crippen LogP contribution >= 0.6 is 24.0 Å². The number of fused-ring (bicyclic) bond motifs is 1. The zero-order valence-electron chi connectivity index (χ0n) is 17.6. The van der Waals surface area contributed by atoms with Crippen LogP contribution in [-0.2, 0) is 9.84 Å². The summed E-state index contributed by atoms with van der Waals surface area (Å²) in [5.74, 6) is 2.30. The van der Waals surface area contributed by atoms with E-state index in [2.05, 4.69) is 38.7 Å². The fraction of sp³-hybridized carbons (Fsp3) is 0.667. The number of para-hydroxylation sites is 1. The molecule has 4 rings (SSSR count). The second-order valence-corrected chi connectivity index (χ2v) is 10.7. The summed E-state index contributed by atoms with van der Waals surface area (Å²) in [7, 11) is -1.04. The molecule has 2 fully saturated rings. The van der Waals surface area contributed by atoms with E-state index in [0.29, 0.717) is 13.1 Å². The van der Waals surface area contributed by atoms with Crippen LogP contribution in [0.3, 0.4) is 0 Å². The summed E-state index contributed by atoms with van der Waals surface area (Å²) in [5.41, 5.74) is 1.14. The van der Waals surface area contributed by atoms with Crippen LogP contribution in [0.15, 0.2) is 29.3 Å². The van der Waals surface area contributed by atoms with Crippen LogP contribution in [0.1, 0.15) is 43.7 Å². The number of ether oxygens (including phenoxy) is 1. The molecule has 1 aliphatic carbocycles. The Morgan fingerprint density at radius 3 is 2.63 bits per heavy atom. The van der Waals surface area contributed by atoms with Crippen LogP contribution in [0.5, 0.6) is 5.75 Å². The Morgan fingerprint density at radius 1 is 1.23 bits per heavy atom. The van der Waals surface area contributed by atoms with E-state index in [4.69, 9.17) is 4.74 Å². The predicted octanol–water partition coefficient (Wildman–Crippen LogP) is 2.34. The monoisotopic (exact) mass is 548 g/mol. The minimum absolute atomic E-state index is 0. The Morgan fingerprint density at radius 2 is 1.93 bits per heavy atom. The Hall–Kier alpha value is -1.07. The van der Waals surface area contributed by atoms with E-state index in [0.717, 1.165) is 44.1 Å². The van der Waals surface area contributed by atoms with Gasteiger partial charge in [0.25, 0.3) is 0 Å². The van der Waals surface area contributed by atoms with Crippen LogP contribution in [0, 0.1) is 0 Å². The topological polar surface area (TPSA) is 83.0 Å². The van der Waals surface area contributed by atoms with Crippen LogP contribution < -0.4 is 15.4 Å². The highest BCUT2D eigenvalue weighted by Crippen LogP contribution is 2.46. The Balaban J connectivity index is 0.00000256. The molecular weight excluding hydrogens is 515 g/mol. The zero-order valence-corrected chi connectivity index (χ0v) is 20.7. The van der Waals surface area contributed by atoms with Crippen molar-refractivity contribution in [2.75, 3.05) is 44.7 Å². The minimum Gasteiger partial charge on any atom is -0.487 e. The molecular formula is C21H33IN4O3S. The molecule has 1 spiro atoms. The molecule has 0 bridgehead atoms. The van der Waals surface area contributed by atoms with E-state index in [-0.39, 0.29) is 47.1 Å². The number of aliphatic imine (C=N–C) groups is 1.